The second-order valence-corrected chi connectivity index (χ2v) is 12.3. The largest absolute Gasteiger partial charge is 0.465 e. The van der Waals surface area contributed by atoms with Gasteiger partial charge in [-0.15, -0.1) is 11.8 Å². The molecule has 2 unspecified atom stereocenters. The number of rotatable bonds is 9. The van der Waals surface area contributed by atoms with Crippen LogP contribution in [0.1, 0.15) is 38.4 Å². The number of nitrogens with zero attached hydrogens (tertiary/aromatic N) is 1. The first-order chi connectivity index (χ1) is 17.8. The molecule has 2 aliphatic rings. The monoisotopic (exact) mass is 561 g/mol. The van der Waals surface area contributed by atoms with E-state index in [0.717, 1.165) is 24.2 Å². The predicted molar refractivity (Wildman–Crippen MR) is 150 cm³/mol. The van der Waals surface area contributed by atoms with Gasteiger partial charge in [0.15, 0.2) is 0 Å². The zero-order chi connectivity index (χ0) is 26.6. The maximum absolute atomic E-state index is 13.3. The van der Waals surface area contributed by atoms with Crippen molar-refractivity contribution >= 4 is 58.0 Å². The molecule has 1 amide bonds. The third-order valence-corrected chi connectivity index (χ3v) is 8.84. The molecule has 1 aromatic heterocycles. The van der Waals surface area contributed by atoms with Crippen molar-refractivity contribution < 1.29 is 29.0 Å². The van der Waals surface area contributed by atoms with E-state index in [9.17, 15) is 19.8 Å². The molecule has 1 aliphatic carbocycles. The summed E-state index contributed by atoms with van der Waals surface area (Å²) in [5.41, 5.74) is 0.0828. The minimum absolute atomic E-state index is 0.0589. The Bertz CT molecular complexity index is 1170. The number of thiocarbonyl (C=S) groups is 1. The van der Waals surface area contributed by atoms with E-state index in [0.29, 0.717) is 27.8 Å². The molecular formula is C27H31NO6S3. The van der Waals surface area contributed by atoms with Gasteiger partial charge >= 0.3 is 5.97 Å². The van der Waals surface area contributed by atoms with Crippen LogP contribution in [-0.2, 0) is 14.3 Å². The van der Waals surface area contributed by atoms with Crippen molar-refractivity contribution in [2.24, 2.45) is 11.3 Å². The van der Waals surface area contributed by atoms with Crippen molar-refractivity contribution in [1.82, 2.24) is 4.90 Å². The van der Waals surface area contributed by atoms with Gasteiger partial charge in [-0.2, -0.15) is 0 Å². The van der Waals surface area contributed by atoms with Gasteiger partial charge in [0.25, 0.3) is 5.91 Å². The number of benzene rings is 1. The molecule has 198 valence electrons. The molecular weight excluding hydrogens is 530 g/mol. The van der Waals surface area contributed by atoms with E-state index < -0.39 is 5.41 Å². The Hall–Kier alpha value is -2.11. The second kappa shape index (κ2) is 12.2. The van der Waals surface area contributed by atoms with Crippen LogP contribution in [0.4, 0.5) is 0 Å². The van der Waals surface area contributed by atoms with Gasteiger partial charge in [-0.1, -0.05) is 49.5 Å². The molecule has 2 N–H and O–H groups in total. The third-order valence-electron chi connectivity index (χ3n) is 6.77. The van der Waals surface area contributed by atoms with E-state index in [2.05, 4.69) is 0 Å². The molecule has 1 aliphatic heterocycles. The molecule has 10 heteroatoms. The molecule has 0 bridgehead atoms. The Labute approximate surface area is 230 Å². The summed E-state index contributed by atoms with van der Waals surface area (Å²) >= 11 is 8.48. The van der Waals surface area contributed by atoms with Crippen LogP contribution in [0.15, 0.2) is 50.6 Å². The van der Waals surface area contributed by atoms with Crippen LogP contribution in [-0.4, -0.2) is 63.4 Å². The second-order valence-electron chi connectivity index (χ2n) is 9.73. The first-order valence-corrected chi connectivity index (χ1v) is 14.6. The van der Waals surface area contributed by atoms with Crippen molar-refractivity contribution in [2.75, 3.05) is 26.1 Å². The minimum atomic E-state index is -0.879. The van der Waals surface area contributed by atoms with Crippen LogP contribution in [0.25, 0.3) is 17.4 Å². The molecule has 0 spiro atoms. The lowest BCUT2D eigenvalue weighted by Gasteiger charge is -2.34. The highest BCUT2D eigenvalue weighted by Gasteiger charge is 2.41. The highest BCUT2D eigenvalue weighted by Crippen LogP contribution is 2.39. The molecule has 0 radical (unpaired) electrons. The summed E-state index contributed by atoms with van der Waals surface area (Å²) < 4.78 is 11.9. The maximum atomic E-state index is 13.3. The first kappa shape index (κ1) is 27.9. The summed E-state index contributed by atoms with van der Waals surface area (Å²) in [5, 5.41) is 18.9. The van der Waals surface area contributed by atoms with Gasteiger partial charge in [-0.25, -0.2) is 0 Å². The Morgan fingerprint density at radius 2 is 1.97 bits per heavy atom. The molecule has 37 heavy (non-hydrogen) atoms. The van der Waals surface area contributed by atoms with Gasteiger partial charge in [0.1, 0.15) is 22.4 Å². The van der Waals surface area contributed by atoms with Gasteiger partial charge in [0, 0.05) is 28.0 Å². The van der Waals surface area contributed by atoms with Gasteiger partial charge in [-0.05, 0) is 49.8 Å². The number of amides is 1. The Kier molecular flexibility index (Phi) is 9.18. The summed E-state index contributed by atoms with van der Waals surface area (Å²) in [4.78, 5) is 29.3. The van der Waals surface area contributed by atoms with Crippen molar-refractivity contribution in [1.29, 1.82) is 0 Å². The lowest BCUT2D eigenvalue weighted by Crippen LogP contribution is -2.43. The topological polar surface area (TPSA) is 100 Å². The Morgan fingerprint density at radius 1 is 1.24 bits per heavy atom. The van der Waals surface area contributed by atoms with E-state index >= 15 is 0 Å². The van der Waals surface area contributed by atoms with Crippen LogP contribution in [0.2, 0.25) is 0 Å². The number of thioether (sulfide) groups is 2. The van der Waals surface area contributed by atoms with E-state index in [4.69, 9.17) is 21.4 Å². The fraction of sp³-hybridized carbons (Fsp3) is 0.444. The van der Waals surface area contributed by atoms with Gasteiger partial charge in [0.05, 0.1) is 24.0 Å². The lowest BCUT2D eigenvalue weighted by molar-refractivity contribution is -0.156. The molecule has 2 aromatic rings. The van der Waals surface area contributed by atoms with Crippen LogP contribution in [0, 0.1) is 11.3 Å². The zero-order valence-corrected chi connectivity index (χ0v) is 23.3. The SMILES string of the molecule is CSc1ccc(-c2ccc(/C=C3/SC(=S)N(C4CCCC(C(=O)OCC(C)(CO)CO)C4)C3=O)o2)cc1. The average Bonchev–Trinajstić information content (AvgIpc) is 3.50. The van der Waals surface area contributed by atoms with Crippen LogP contribution in [0.5, 0.6) is 0 Å². The van der Waals surface area contributed by atoms with Crippen molar-refractivity contribution in [2.45, 2.75) is 43.5 Å². The van der Waals surface area contributed by atoms with Crippen LogP contribution >= 0.6 is 35.7 Å². The number of esters is 1. The highest BCUT2D eigenvalue weighted by molar-refractivity contribution is 8.26. The molecule has 1 aromatic carbocycles. The summed E-state index contributed by atoms with van der Waals surface area (Å²) in [6, 6.07) is 11.6. The fourth-order valence-corrected chi connectivity index (χ4v) is 6.17. The van der Waals surface area contributed by atoms with Gasteiger partial charge in [-0.3, -0.25) is 14.5 Å². The molecule has 1 saturated heterocycles. The van der Waals surface area contributed by atoms with E-state index in [-0.39, 0.29) is 43.7 Å². The van der Waals surface area contributed by atoms with Crippen molar-refractivity contribution in [3.8, 4) is 11.3 Å². The fourth-order valence-electron chi connectivity index (χ4n) is 4.38. The predicted octanol–water partition coefficient (Wildman–Crippen LogP) is 4.96. The molecule has 1 saturated carbocycles. The highest BCUT2D eigenvalue weighted by atomic mass is 32.2. The normalized spacial score (nSPS) is 21.6. The number of aliphatic hydroxyl groups excluding tert-OH is 2. The van der Waals surface area contributed by atoms with Crippen molar-refractivity contribution in [3.63, 3.8) is 0 Å². The quantitative estimate of drug-likeness (QED) is 0.190. The number of furan rings is 1. The van der Waals surface area contributed by atoms with E-state index in [1.165, 1.54) is 16.7 Å². The lowest BCUT2D eigenvalue weighted by atomic mass is 9.85. The zero-order valence-electron chi connectivity index (χ0n) is 20.8. The number of hydrogen-bond acceptors (Lipinski definition) is 9. The first-order valence-electron chi connectivity index (χ1n) is 12.2. The Morgan fingerprint density at radius 3 is 2.65 bits per heavy atom. The summed E-state index contributed by atoms with van der Waals surface area (Å²) in [7, 11) is 0. The van der Waals surface area contributed by atoms with E-state index in [1.54, 1.807) is 29.7 Å². The molecule has 7 nitrogen and oxygen atoms in total. The Balaban J connectivity index is 1.41. The number of ether oxygens (including phenoxy) is 1. The third kappa shape index (κ3) is 6.49. The standard InChI is InChI=1S/C27H31NO6S3/c1-27(14-29,15-30)16-33-25(32)18-4-3-5-19(12-18)28-24(31)23(37-26(28)35)13-20-8-11-22(34-20)17-6-9-21(36-2)10-7-17/h6-11,13,18-19,29-30H,3-5,12,14-16H2,1-2H3/b23-13+. The van der Waals surface area contributed by atoms with Gasteiger partial charge < -0.3 is 19.4 Å². The summed E-state index contributed by atoms with van der Waals surface area (Å²) in [6.45, 7) is 1.03. The molecule has 2 heterocycles. The maximum Gasteiger partial charge on any atom is 0.309 e. The summed E-state index contributed by atoms with van der Waals surface area (Å²) in [6.07, 6.45) is 6.41. The van der Waals surface area contributed by atoms with Crippen LogP contribution in [0.3, 0.4) is 0 Å². The minimum Gasteiger partial charge on any atom is -0.465 e. The van der Waals surface area contributed by atoms with Gasteiger partial charge in [0.2, 0.25) is 0 Å². The number of hydrogen-bond donors (Lipinski definition) is 2. The molecule has 2 fully saturated rings. The molecule has 2 atom stereocenters. The molecule has 4 rings (SSSR count). The number of carbonyl (C=O) groups is 2. The summed E-state index contributed by atoms with van der Waals surface area (Å²) in [5.74, 6) is 0.392. The average molecular weight is 562 g/mol. The number of aliphatic hydroxyl groups is 2. The smallest absolute Gasteiger partial charge is 0.309 e. The number of carbonyl (C=O) groups excluding carboxylic acids is 2. The van der Waals surface area contributed by atoms with Crippen molar-refractivity contribution in [3.05, 3.63) is 47.1 Å². The van der Waals surface area contributed by atoms with E-state index in [1.807, 2.05) is 42.7 Å². The van der Waals surface area contributed by atoms with Crippen LogP contribution < -0.4 is 0 Å².